The second kappa shape index (κ2) is 6.28. The Morgan fingerprint density at radius 2 is 0.833 bits per heavy atom. The van der Waals surface area contributed by atoms with Gasteiger partial charge in [-0.15, -0.1) is 0 Å². The molecule has 0 fully saturated rings. The smallest absolute Gasteiger partial charge is 0.147 e. The van der Waals surface area contributed by atoms with Gasteiger partial charge in [-0.1, -0.05) is 39.3 Å². The summed E-state index contributed by atoms with van der Waals surface area (Å²) in [7, 11) is -2.55. The predicted octanol–water partition coefficient (Wildman–Crippen LogP) is 4.55. The fourth-order valence-corrected chi connectivity index (χ4v) is 6.61. The van der Waals surface area contributed by atoms with E-state index in [9.17, 15) is 0 Å². The summed E-state index contributed by atoms with van der Waals surface area (Å²) in [6.45, 7) is 23.6. The molecule has 0 bridgehead atoms. The van der Waals surface area contributed by atoms with E-state index in [-0.39, 0.29) is 0 Å². The van der Waals surface area contributed by atoms with Gasteiger partial charge in [0, 0.05) is 24.5 Å². The van der Waals surface area contributed by atoms with Gasteiger partial charge in [0.1, 0.15) is 16.5 Å². The SMILES string of the molecule is CC(C)N(/C=C/N(C(C)C)[Si](C)(C)C)[Si](C)(C)C. The van der Waals surface area contributed by atoms with Gasteiger partial charge >= 0.3 is 0 Å². The molecule has 0 radical (unpaired) electrons. The molecule has 0 aromatic carbocycles. The number of hydrogen-bond acceptors (Lipinski definition) is 2. The van der Waals surface area contributed by atoms with Crippen LogP contribution in [-0.2, 0) is 0 Å². The first-order valence-electron chi connectivity index (χ1n) is 7.12. The van der Waals surface area contributed by atoms with Crippen molar-refractivity contribution in [2.45, 2.75) is 79.1 Å². The molecular formula is C14H34N2Si2. The van der Waals surface area contributed by atoms with Gasteiger partial charge in [0.15, 0.2) is 0 Å². The van der Waals surface area contributed by atoms with Gasteiger partial charge in [-0.25, -0.2) is 0 Å². The van der Waals surface area contributed by atoms with Gasteiger partial charge < -0.3 is 9.13 Å². The van der Waals surface area contributed by atoms with E-state index in [4.69, 9.17) is 0 Å². The van der Waals surface area contributed by atoms with Crippen molar-refractivity contribution in [2.75, 3.05) is 0 Å². The Labute approximate surface area is 117 Å². The van der Waals surface area contributed by atoms with Crippen molar-refractivity contribution in [2.24, 2.45) is 0 Å². The molecule has 0 aliphatic heterocycles. The molecule has 0 aromatic heterocycles. The Hall–Kier alpha value is -0.226. The van der Waals surface area contributed by atoms with Gasteiger partial charge in [-0.2, -0.15) is 0 Å². The highest BCUT2D eigenvalue weighted by Gasteiger charge is 2.26. The van der Waals surface area contributed by atoms with E-state index in [0.29, 0.717) is 12.1 Å². The molecule has 0 heterocycles. The molecule has 18 heavy (non-hydrogen) atoms. The van der Waals surface area contributed by atoms with Crippen LogP contribution in [0.15, 0.2) is 12.4 Å². The normalized spacial score (nSPS) is 13.8. The number of hydrogen-bond donors (Lipinski definition) is 0. The summed E-state index contributed by atoms with van der Waals surface area (Å²) < 4.78 is 5.14. The van der Waals surface area contributed by atoms with Crippen molar-refractivity contribution >= 4 is 16.5 Å². The Bertz CT molecular complexity index is 244. The molecule has 0 spiro atoms. The standard InChI is InChI=1S/C14H34N2Si2/c1-13(2)15(17(5,6)7)11-12-16(14(3)4)18(8,9)10/h11-14H,1-10H3/b12-11+. The molecule has 0 unspecified atom stereocenters. The lowest BCUT2D eigenvalue weighted by Crippen LogP contribution is -2.49. The Balaban J connectivity index is 5.07. The van der Waals surface area contributed by atoms with Gasteiger partial charge in [-0.05, 0) is 27.7 Å². The van der Waals surface area contributed by atoms with Gasteiger partial charge in [0.05, 0.1) is 0 Å². The van der Waals surface area contributed by atoms with Crippen molar-refractivity contribution in [3.8, 4) is 0 Å². The van der Waals surface area contributed by atoms with Crippen LogP contribution in [0.5, 0.6) is 0 Å². The molecular weight excluding hydrogens is 252 g/mol. The lowest BCUT2D eigenvalue weighted by molar-refractivity contribution is 0.426. The second-order valence-corrected chi connectivity index (χ2v) is 17.4. The highest BCUT2D eigenvalue weighted by atomic mass is 28.3. The molecule has 0 amide bonds. The number of nitrogens with zero attached hydrogens (tertiary/aromatic N) is 2. The fourth-order valence-electron chi connectivity index (χ4n) is 2.48. The monoisotopic (exact) mass is 286 g/mol. The Morgan fingerprint density at radius 3 is 0.944 bits per heavy atom. The van der Waals surface area contributed by atoms with Gasteiger partial charge in [0.25, 0.3) is 0 Å². The van der Waals surface area contributed by atoms with Crippen LogP contribution < -0.4 is 0 Å². The van der Waals surface area contributed by atoms with Gasteiger partial charge in [-0.3, -0.25) is 0 Å². The van der Waals surface area contributed by atoms with Crippen LogP contribution in [-0.4, -0.2) is 37.7 Å². The third kappa shape index (κ3) is 5.61. The lowest BCUT2D eigenvalue weighted by Gasteiger charge is -2.40. The largest absolute Gasteiger partial charge is 0.400 e. The molecule has 4 heteroatoms. The maximum Gasteiger partial charge on any atom is 0.147 e. The second-order valence-electron chi connectivity index (χ2n) is 7.64. The minimum absolute atomic E-state index is 0.587. The molecule has 2 nitrogen and oxygen atoms in total. The summed E-state index contributed by atoms with van der Waals surface area (Å²) in [4.78, 5) is 0. The predicted molar refractivity (Wildman–Crippen MR) is 89.8 cm³/mol. The average molecular weight is 287 g/mol. The quantitative estimate of drug-likeness (QED) is 0.661. The van der Waals surface area contributed by atoms with Crippen molar-refractivity contribution in [3.05, 3.63) is 12.4 Å². The Kier molecular flexibility index (Phi) is 6.20. The summed E-state index contributed by atoms with van der Waals surface area (Å²) in [5, 5.41) is 0. The summed E-state index contributed by atoms with van der Waals surface area (Å²) in [6.07, 6.45) is 4.68. The number of rotatable bonds is 6. The van der Waals surface area contributed by atoms with E-state index in [0.717, 1.165) is 0 Å². The molecule has 0 N–H and O–H groups in total. The Morgan fingerprint density at radius 1 is 0.611 bits per heavy atom. The van der Waals surface area contributed by atoms with Crippen LogP contribution in [0.3, 0.4) is 0 Å². The summed E-state index contributed by atoms with van der Waals surface area (Å²) in [6, 6.07) is 1.17. The zero-order chi connectivity index (χ0) is 14.7. The zero-order valence-corrected chi connectivity index (χ0v) is 16.2. The first kappa shape index (κ1) is 17.8. The third-order valence-electron chi connectivity index (χ3n) is 3.05. The zero-order valence-electron chi connectivity index (χ0n) is 14.2. The van der Waals surface area contributed by atoms with Crippen LogP contribution in [0, 0.1) is 0 Å². The summed E-state index contributed by atoms with van der Waals surface area (Å²) in [5.41, 5.74) is 0. The molecule has 0 saturated carbocycles. The molecule has 108 valence electrons. The van der Waals surface area contributed by atoms with E-state index < -0.39 is 16.5 Å². The first-order valence-corrected chi connectivity index (χ1v) is 14.0. The van der Waals surface area contributed by atoms with Crippen molar-refractivity contribution in [3.63, 3.8) is 0 Å². The minimum atomic E-state index is -1.28. The first-order chi connectivity index (χ1) is 7.87. The molecule has 0 aliphatic rings. The summed E-state index contributed by atoms with van der Waals surface area (Å²) >= 11 is 0. The van der Waals surface area contributed by atoms with Crippen molar-refractivity contribution in [1.82, 2.24) is 9.13 Å². The van der Waals surface area contributed by atoms with Crippen molar-refractivity contribution < 1.29 is 0 Å². The molecule has 0 atom stereocenters. The molecule has 0 rings (SSSR count). The maximum atomic E-state index is 2.57. The van der Waals surface area contributed by atoms with Crippen LogP contribution in [0.2, 0.25) is 39.3 Å². The topological polar surface area (TPSA) is 6.48 Å². The minimum Gasteiger partial charge on any atom is -0.400 e. The van der Waals surface area contributed by atoms with Crippen LogP contribution in [0.25, 0.3) is 0 Å². The van der Waals surface area contributed by atoms with Crippen LogP contribution in [0.1, 0.15) is 27.7 Å². The maximum absolute atomic E-state index is 2.57. The van der Waals surface area contributed by atoms with E-state index in [1.165, 1.54) is 0 Å². The fraction of sp³-hybridized carbons (Fsp3) is 0.857. The van der Waals surface area contributed by atoms with E-state index in [1.807, 2.05) is 0 Å². The highest BCUT2D eigenvalue weighted by Crippen LogP contribution is 2.18. The molecule has 0 aliphatic carbocycles. The summed E-state index contributed by atoms with van der Waals surface area (Å²) in [5.74, 6) is 0. The average Bonchev–Trinajstić information content (AvgIpc) is 2.05. The molecule has 0 aromatic rings. The van der Waals surface area contributed by atoms with E-state index in [2.05, 4.69) is 88.5 Å². The lowest BCUT2D eigenvalue weighted by atomic mass is 10.4. The van der Waals surface area contributed by atoms with Crippen LogP contribution >= 0.6 is 0 Å². The van der Waals surface area contributed by atoms with Gasteiger partial charge in [0.2, 0.25) is 0 Å². The third-order valence-corrected chi connectivity index (χ3v) is 7.48. The molecule has 0 saturated heterocycles. The van der Waals surface area contributed by atoms with Crippen LogP contribution in [0.4, 0.5) is 0 Å². The van der Waals surface area contributed by atoms with E-state index >= 15 is 0 Å². The van der Waals surface area contributed by atoms with Crippen molar-refractivity contribution in [1.29, 1.82) is 0 Å². The van der Waals surface area contributed by atoms with E-state index in [1.54, 1.807) is 0 Å². The highest BCUT2D eigenvalue weighted by molar-refractivity contribution is 6.74.